The molecule has 1 aromatic carbocycles. The van der Waals surface area contributed by atoms with Gasteiger partial charge in [-0.25, -0.2) is 4.39 Å². The van der Waals surface area contributed by atoms with Gasteiger partial charge in [-0.2, -0.15) is 26.3 Å². The van der Waals surface area contributed by atoms with Crippen LogP contribution in [0.3, 0.4) is 0 Å². The molecule has 9 heteroatoms. The summed E-state index contributed by atoms with van der Waals surface area (Å²) in [5.41, 5.74) is -0.687. The van der Waals surface area contributed by atoms with Crippen molar-refractivity contribution in [3.63, 3.8) is 0 Å². The third kappa shape index (κ3) is 3.82. The second-order valence-electron chi connectivity index (χ2n) is 3.68. The summed E-state index contributed by atoms with van der Waals surface area (Å²) >= 11 is 2.62. The summed E-state index contributed by atoms with van der Waals surface area (Å²) in [6.45, 7) is 0. The van der Waals surface area contributed by atoms with Crippen LogP contribution in [0.1, 0.15) is 11.7 Å². The molecule has 0 aromatic heterocycles. The first-order valence-corrected chi connectivity index (χ1v) is 5.50. The predicted octanol–water partition coefficient (Wildman–Crippen LogP) is 4.36. The van der Waals surface area contributed by atoms with Gasteiger partial charge in [0.25, 0.3) is 0 Å². The van der Waals surface area contributed by atoms with Crippen LogP contribution in [-0.4, -0.2) is 17.5 Å². The maximum absolute atomic E-state index is 12.9. The number of hydrogen-bond acceptors (Lipinski definition) is 1. The van der Waals surface area contributed by atoms with Crippen LogP contribution < -0.4 is 0 Å². The Hall–Kier alpha value is -0.830. The Morgan fingerprint density at radius 2 is 1.47 bits per heavy atom. The van der Waals surface area contributed by atoms with Gasteiger partial charge in [0.15, 0.2) is 5.92 Å². The lowest BCUT2D eigenvalue weighted by molar-refractivity contribution is -0.307. The monoisotopic (exact) mass is 354 g/mol. The third-order valence-electron chi connectivity index (χ3n) is 2.31. The van der Waals surface area contributed by atoms with Crippen LogP contribution in [0.25, 0.3) is 0 Å². The molecule has 0 aliphatic carbocycles. The molecular formula is C10H6BrF7O. The van der Waals surface area contributed by atoms with Crippen molar-refractivity contribution in [3.05, 3.63) is 34.1 Å². The smallest absolute Gasteiger partial charge is 0.387 e. The highest BCUT2D eigenvalue weighted by molar-refractivity contribution is 9.10. The molecule has 0 bridgehead atoms. The van der Waals surface area contributed by atoms with E-state index in [1.165, 1.54) is 0 Å². The summed E-state index contributed by atoms with van der Waals surface area (Å²) in [5.74, 6) is -4.80. The van der Waals surface area contributed by atoms with Gasteiger partial charge in [-0.05, 0) is 33.6 Å². The average Bonchev–Trinajstić information content (AvgIpc) is 2.17. The molecule has 0 radical (unpaired) electrons. The Bertz CT molecular complexity index is 440. The predicted molar refractivity (Wildman–Crippen MR) is 54.7 cm³/mol. The molecule has 0 aliphatic rings. The van der Waals surface area contributed by atoms with Crippen LogP contribution in [0.5, 0.6) is 0 Å². The van der Waals surface area contributed by atoms with Crippen molar-refractivity contribution in [1.29, 1.82) is 0 Å². The minimum atomic E-state index is -5.67. The zero-order valence-corrected chi connectivity index (χ0v) is 10.4. The Morgan fingerprint density at radius 1 is 1.00 bits per heavy atom. The fraction of sp³-hybridized carbons (Fsp3) is 0.400. The van der Waals surface area contributed by atoms with E-state index >= 15 is 0 Å². The van der Waals surface area contributed by atoms with Crippen LogP contribution in [0.2, 0.25) is 0 Å². The highest BCUT2D eigenvalue weighted by Gasteiger charge is 2.60. The number of aliphatic hydroxyl groups is 1. The largest absolute Gasteiger partial charge is 0.403 e. The van der Waals surface area contributed by atoms with Crippen molar-refractivity contribution in [2.45, 2.75) is 18.5 Å². The molecule has 1 atom stereocenters. The summed E-state index contributed by atoms with van der Waals surface area (Å²) < 4.78 is 86.7. The molecule has 0 amide bonds. The second kappa shape index (κ2) is 5.28. The number of hydrogen-bond donors (Lipinski definition) is 1. The van der Waals surface area contributed by atoms with E-state index in [1.54, 1.807) is 0 Å². The van der Waals surface area contributed by atoms with Gasteiger partial charge in [0.1, 0.15) is 5.82 Å². The Kier molecular flexibility index (Phi) is 4.51. The van der Waals surface area contributed by atoms with Crippen molar-refractivity contribution in [1.82, 2.24) is 0 Å². The number of alkyl halides is 6. The van der Waals surface area contributed by atoms with E-state index in [1.807, 2.05) is 0 Å². The lowest BCUT2D eigenvalue weighted by Gasteiger charge is -2.27. The summed E-state index contributed by atoms with van der Waals surface area (Å²) in [4.78, 5) is 0. The molecule has 0 saturated carbocycles. The van der Waals surface area contributed by atoms with E-state index in [-0.39, 0.29) is 4.47 Å². The lowest BCUT2D eigenvalue weighted by Crippen LogP contribution is -2.40. The summed E-state index contributed by atoms with van der Waals surface area (Å²) in [7, 11) is 0. The molecule has 1 aromatic rings. The standard InChI is InChI=1S/C10H6BrF7O/c11-5-3-4(1-2-6(5)12)7(19)8(9(13,14)15)10(16,17)18/h1-3,7-8,19H. The van der Waals surface area contributed by atoms with Crippen LogP contribution in [0, 0.1) is 11.7 Å². The quantitative estimate of drug-likeness (QED) is 0.782. The van der Waals surface area contributed by atoms with Gasteiger partial charge < -0.3 is 5.11 Å². The Balaban J connectivity index is 3.20. The van der Waals surface area contributed by atoms with Crippen LogP contribution in [0.15, 0.2) is 22.7 Å². The number of halogens is 8. The second-order valence-corrected chi connectivity index (χ2v) is 4.53. The van der Waals surface area contributed by atoms with Crippen molar-refractivity contribution in [2.24, 2.45) is 5.92 Å². The SMILES string of the molecule is OC(c1ccc(F)c(Br)c1)C(C(F)(F)F)C(F)(F)F. The molecule has 1 unspecified atom stereocenters. The summed E-state index contributed by atoms with van der Waals surface area (Å²) in [6.07, 6.45) is -14.2. The first-order valence-electron chi connectivity index (χ1n) is 4.71. The van der Waals surface area contributed by atoms with Gasteiger partial charge in [-0.15, -0.1) is 0 Å². The first-order chi connectivity index (χ1) is 8.44. The topological polar surface area (TPSA) is 20.2 Å². The molecule has 0 spiro atoms. The molecular weight excluding hydrogens is 349 g/mol. The van der Waals surface area contributed by atoms with Crippen molar-refractivity contribution in [3.8, 4) is 0 Å². The van der Waals surface area contributed by atoms with E-state index in [4.69, 9.17) is 0 Å². The Labute approximate surface area is 111 Å². The summed E-state index contributed by atoms with van der Waals surface area (Å²) in [5, 5.41) is 9.28. The van der Waals surface area contributed by atoms with Gasteiger partial charge in [0.2, 0.25) is 0 Å². The van der Waals surface area contributed by atoms with E-state index in [0.29, 0.717) is 18.2 Å². The molecule has 19 heavy (non-hydrogen) atoms. The zero-order valence-electron chi connectivity index (χ0n) is 8.86. The van der Waals surface area contributed by atoms with Gasteiger partial charge in [0, 0.05) is 0 Å². The molecule has 0 fully saturated rings. The molecule has 0 heterocycles. The fourth-order valence-electron chi connectivity index (χ4n) is 1.43. The maximum Gasteiger partial charge on any atom is 0.403 e. The fourth-order valence-corrected chi connectivity index (χ4v) is 1.83. The van der Waals surface area contributed by atoms with Crippen molar-refractivity contribution >= 4 is 15.9 Å². The number of aliphatic hydroxyl groups excluding tert-OH is 1. The van der Waals surface area contributed by atoms with Crippen LogP contribution >= 0.6 is 15.9 Å². The maximum atomic E-state index is 12.9. The molecule has 0 aliphatic heterocycles. The molecule has 0 saturated heterocycles. The molecule has 108 valence electrons. The summed E-state index contributed by atoms with van der Waals surface area (Å²) in [6, 6.07) is 1.99. The normalized spacial score (nSPS) is 14.8. The van der Waals surface area contributed by atoms with E-state index in [2.05, 4.69) is 15.9 Å². The lowest BCUT2D eigenvalue weighted by atomic mass is 9.94. The van der Waals surface area contributed by atoms with E-state index in [0.717, 1.165) is 0 Å². The molecule has 1 N–H and O–H groups in total. The number of benzene rings is 1. The van der Waals surface area contributed by atoms with Gasteiger partial charge in [-0.1, -0.05) is 6.07 Å². The highest BCUT2D eigenvalue weighted by atomic mass is 79.9. The van der Waals surface area contributed by atoms with Gasteiger partial charge >= 0.3 is 12.4 Å². The van der Waals surface area contributed by atoms with Crippen molar-refractivity contribution in [2.75, 3.05) is 0 Å². The van der Waals surface area contributed by atoms with Crippen LogP contribution in [-0.2, 0) is 0 Å². The van der Waals surface area contributed by atoms with E-state index < -0.39 is 35.8 Å². The zero-order chi connectivity index (χ0) is 15.0. The Morgan fingerprint density at radius 3 is 1.84 bits per heavy atom. The van der Waals surface area contributed by atoms with Gasteiger partial charge in [-0.3, -0.25) is 0 Å². The molecule has 1 nitrogen and oxygen atoms in total. The third-order valence-corrected chi connectivity index (χ3v) is 2.91. The first kappa shape index (κ1) is 16.2. The van der Waals surface area contributed by atoms with Gasteiger partial charge in [0.05, 0.1) is 10.6 Å². The average molecular weight is 355 g/mol. The number of rotatable bonds is 2. The minimum Gasteiger partial charge on any atom is -0.387 e. The minimum absolute atomic E-state index is 0.341. The van der Waals surface area contributed by atoms with E-state index in [9.17, 15) is 35.8 Å². The van der Waals surface area contributed by atoms with Crippen molar-refractivity contribution < 1.29 is 35.8 Å². The molecule has 1 rings (SSSR count). The van der Waals surface area contributed by atoms with Crippen LogP contribution in [0.4, 0.5) is 30.7 Å². The highest BCUT2D eigenvalue weighted by Crippen LogP contribution is 2.46.